The topological polar surface area (TPSA) is 96.9 Å². The lowest BCUT2D eigenvalue weighted by molar-refractivity contribution is 0.0516. The lowest BCUT2D eigenvalue weighted by Gasteiger charge is -2.32. The molecular weight excluding hydrogens is 387 g/mol. The maximum atomic E-state index is 13.2. The van der Waals surface area contributed by atoms with Crippen molar-refractivity contribution in [2.45, 2.75) is 18.9 Å². The number of hydrogen-bond donors (Lipinski definition) is 0. The molecule has 2 aromatic heterocycles. The number of benzene rings is 1. The second-order valence-corrected chi connectivity index (χ2v) is 7.00. The Bertz CT molecular complexity index is 1110. The summed E-state index contributed by atoms with van der Waals surface area (Å²) >= 11 is 0. The summed E-state index contributed by atoms with van der Waals surface area (Å²) < 4.78 is 20.6. The van der Waals surface area contributed by atoms with Crippen molar-refractivity contribution in [3.63, 3.8) is 0 Å². The number of aryl methyl sites for hydroxylation is 1. The van der Waals surface area contributed by atoms with Crippen molar-refractivity contribution in [2.24, 2.45) is 7.05 Å². The zero-order chi connectivity index (χ0) is 21.1. The van der Waals surface area contributed by atoms with E-state index in [2.05, 4.69) is 15.1 Å². The van der Waals surface area contributed by atoms with Gasteiger partial charge in [0, 0.05) is 31.5 Å². The molecule has 152 valence electrons. The Labute approximate surface area is 172 Å². The number of carbonyl (C=O) groups is 1. The molecule has 0 aliphatic carbocycles. The summed E-state index contributed by atoms with van der Waals surface area (Å²) in [6, 6.07) is 9.65. The number of likely N-dealkylation sites (tertiary alicyclic amines) is 1. The standard InChI is InChI=1S/C21H19FN6O2/c1-27-19(11-17(26-27)14-4-6-15(22)7-5-14)21(29)28-10-2-3-16(13-28)30-20-18(12-23)24-8-9-25-20/h4-9,11,16H,2-3,10,13H2,1H3. The van der Waals surface area contributed by atoms with Crippen LogP contribution < -0.4 is 4.74 Å². The van der Waals surface area contributed by atoms with Gasteiger partial charge in [-0.05, 0) is 43.2 Å². The van der Waals surface area contributed by atoms with Gasteiger partial charge in [-0.15, -0.1) is 0 Å². The number of halogens is 1. The van der Waals surface area contributed by atoms with Crippen molar-refractivity contribution >= 4 is 5.91 Å². The van der Waals surface area contributed by atoms with Crippen molar-refractivity contribution in [3.05, 3.63) is 59.9 Å². The molecule has 1 aliphatic rings. The van der Waals surface area contributed by atoms with Crippen LogP contribution in [0.25, 0.3) is 11.3 Å². The number of piperidine rings is 1. The Hall–Kier alpha value is -3.80. The maximum absolute atomic E-state index is 13.2. The van der Waals surface area contributed by atoms with E-state index in [1.165, 1.54) is 29.2 Å². The number of ether oxygens (including phenoxy) is 1. The van der Waals surface area contributed by atoms with Crippen LogP contribution in [0.3, 0.4) is 0 Å². The number of carbonyl (C=O) groups excluding carboxylic acids is 1. The minimum Gasteiger partial charge on any atom is -0.470 e. The summed E-state index contributed by atoms with van der Waals surface area (Å²) in [7, 11) is 1.71. The SMILES string of the molecule is Cn1nc(-c2ccc(F)cc2)cc1C(=O)N1CCCC(Oc2nccnc2C#N)C1. The van der Waals surface area contributed by atoms with Crippen LogP contribution in [-0.4, -0.2) is 49.7 Å². The van der Waals surface area contributed by atoms with Crippen molar-refractivity contribution in [1.82, 2.24) is 24.6 Å². The first-order valence-corrected chi connectivity index (χ1v) is 9.52. The summed E-state index contributed by atoms with van der Waals surface area (Å²) in [6.45, 7) is 0.971. The molecule has 4 rings (SSSR count). The van der Waals surface area contributed by atoms with E-state index < -0.39 is 0 Å². The molecule has 3 aromatic rings. The molecule has 1 saturated heterocycles. The molecule has 0 radical (unpaired) electrons. The van der Waals surface area contributed by atoms with Gasteiger partial charge in [0.15, 0.2) is 0 Å². The van der Waals surface area contributed by atoms with Crippen LogP contribution in [0.4, 0.5) is 4.39 Å². The van der Waals surface area contributed by atoms with Crippen molar-refractivity contribution in [1.29, 1.82) is 5.26 Å². The van der Waals surface area contributed by atoms with E-state index in [0.717, 1.165) is 18.4 Å². The minimum atomic E-state index is -0.326. The van der Waals surface area contributed by atoms with Crippen molar-refractivity contribution in [2.75, 3.05) is 13.1 Å². The van der Waals surface area contributed by atoms with E-state index >= 15 is 0 Å². The second-order valence-electron chi connectivity index (χ2n) is 7.00. The molecule has 30 heavy (non-hydrogen) atoms. The molecule has 9 heteroatoms. The predicted molar refractivity (Wildman–Crippen MR) is 105 cm³/mol. The fourth-order valence-electron chi connectivity index (χ4n) is 3.46. The van der Waals surface area contributed by atoms with E-state index in [9.17, 15) is 9.18 Å². The van der Waals surface area contributed by atoms with Gasteiger partial charge in [0.2, 0.25) is 5.69 Å². The molecule has 1 atom stereocenters. The van der Waals surface area contributed by atoms with E-state index in [-0.39, 0.29) is 29.4 Å². The number of hydrogen-bond acceptors (Lipinski definition) is 6. The summed E-state index contributed by atoms with van der Waals surface area (Å²) in [5.74, 6) is -0.308. The first-order valence-electron chi connectivity index (χ1n) is 9.52. The highest BCUT2D eigenvalue weighted by atomic mass is 19.1. The number of nitrogens with zero attached hydrogens (tertiary/aromatic N) is 6. The number of amides is 1. The minimum absolute atomic E-state index is 0.122. The smallest absolute Gasteiger partial charge is 0.272 e. The molecule has 0 spiro atoms. The number of aromatic nitrogens is 4. The first kappa shape index (κ1) is 19.5. The van der Waals surface area contributed by atoms with Crippen LogP contribution in [0.1, 0.15) is 29.0 Å². The summed E-state index contributed by atoms with van der Waals surface area (Å²) in [5, 5.41) is 13.5. The number of rotatable bonds is 4. The molecule has 0 N–H and O–H groups in total. The van der Waals surface area contributed by atoms with Crippen LogP contribution in [0.5, 0.6) is 5.88 Å². The highest BCUT2D eigenvalue weighted by Gasteiger charge is 2.28. The first-order chi connectivity index (χ1) is 14.5. The van der Waals surface area contributed by atoms with Gasteiger partial charge in [-0.1, -0.05) is 0 Å². The highest BCUT2D eigenvalue weighted by molar-refractivity contribution is 5.93. The predicted octanol–water partition coefficient (Wildman–Crippen LogP) is 2.57. The Morgan fingerprint density at radius 3 is 2.80 bits per heavy atom. The van der Waals surface area contributed by atoms with E-state index in [0.29, 0.717) is 24.5 Å². The molecule has 0 bridgehead atoms. The fraction of sp³-hybridized carbons (Fsp3) is 0.286. The summed E-state index contributed by atoms with van der Waals surface area (Å²) in [5.41, 5.74) is 1.89. The maximum Gasteiger partial charge on any atom is 0.272 e. The highest BCUT2D eigenvalue weighted by Crippen LogP contribution is 2.23. The molecule has 1 aliphatic heterocycles. The van der Waals surface area contributed by atoms with Gasteiger partial charge < -0.3 is 9.64 Å². The zero-order valence-corrected chi connectivity index (χ0v) is 16.3. The van der Waals surface area contributed by atoms with Gasteiger partial charge >= 0.3 is 0 Å². The van der Waals surface area contributed by atoms with E-state index in [4.69, 9.17) is 10.00 Å². The van der Waals surface area contributed by atoms with Gasteiger partial charge in [0.25, 0.3) is 11.8 Å². The molecule has 1 fully saturated rings. The van der Waals surface area contributed by atoms with E-state index in [1.807, 2.05) is 6.07 Å². The second kappa shape index (κ2) is 8.29. The Morgan fingerprint density at radius 2 is 2.03 bits per heavy atom. The van der Waals surface area contributed by atoms with Gasteiger partial charge in [-0.25, -0.2) is 14.4 Å². The lowest BCUT2D eigenvalue weighted by atomic mass is 10.1. The van der Waals surface area contributed by atoms with Gasteiger partial charge in [-0.3, -0.25) is 9.48 Å². The van der Waals surface area contributed by atoms with E-state index in [1.54, 1.807) is 30.1 Å². The average Bonchev–Trinajstić information content (AvgIpc) is 3.16. The summed E-state index contributed by atoms with van der Waals surface area (Å²) in [4.78, 5) is 22.8. The molecule has 0 saturated carbocycles. The van der Waals surface area contributed by atoms with Crippen LogP contribution in [0.2, 0.25) is 0 Å². The molecule has 3 heterocycles. The monoisotopic (exact) mass is 406 g/mol. The summed E-state index contributed by atoms with van der Waals surface area (Å²) in [6.07, 6.45) is 4.13. The van der Waals surface area contributed by atoms with Crippen LogP contribution in [0, 0.1) is 17.1 Å². The fourth-order valence-corrected chi connectivity index (χ4v) is 3.46. The Kier molecular flexibility index (Phi) is 5.39. The van der Waals surface area contributed by atoms with Crippen LogP contribution in [-0.2, 0) is 7.05 Å². The molecule has 1 amide bonds. The molecule has 8 nitrogen and oxygen atoms in total. The normalized spacial score (nSPS) is 16.2. The Morgan fingerprint density at radius 1 is 1.27 bits per heavy atom. The third-order valence-electron chi connectivity index (χ3n) is 4.95. The zero-order valence-electron chi connectivity index (χ0n) is 16.3. The van der Waals surface area contributed by atoms with Gasteiger partial charge in [-0.2, -0.15) is 10.4 Å². The average molecular weight is 406 g/mol. The van der Waals surface area contributed by atoms with Crippen molar-refractivity contribution < 1.29 is 13.9 Å². The molecule has 1 unspecified atom stereocenters. The van der Waals surface area contributed by atoms with Gasteiger partial charge in [0.1, 0.15) is 23.7 Å². The van der Waals surface area contributed by atoms with Crippen LogP contribution >= 0.6 is 0 Å². The van der Waals surface area contributed by atoms with Crippen molar-refractivity contribution in [3.8, 4) is 23.2 Å². The third-order valence-corrected chi connectivity index (χ3v) is 4.95. The molecular formula is C21H19FN6O2. The molecule has 1 aromatic carbocycles. The Balaban J connectivity index is 1.49. The number of nitriles is 1. The lowest BCUT2D eigenvalue weighted by Crippen LogP contribution is -2.45. The largest absolute Gasteiger partial charge is 0.470 e. The van der Waals surface area contributed by atoms with Crippen LogP contribution in [0.15, 0.2) is 42.7 Å². The third kappa shape index (κ3) is 3.98. The van der Waals surface area contributed by atoms with Gasteiger partial charge in [0.05, 0.1) is 12.2 Å². The quantitative estimate of drug-likeness (QED) is 0.661.